The van der Waals surface area contributed by atoms with E-state index in [-0.39, 0.29) is 12.5 Å². The molecule has 1 N–H and O–H groups in total. The first kappa shape index (κ1) is 19.4. The van der Waals surface area contributed by atoms with Gasteiger partial charge in [0.2, 0.25) is 5.91 Å². The number of carbonyl (C=O) groups excluding carboxylic acids is 1. The highest BCUT2D eigenvalue weighted by atomic mass is 19.2. The maximum atomic E-state index is 13.2. The molecule has 1 saturated heterocycles. The minimum absolute atomic E-state index is 0.0664. The molecule has 1 aliphatic rings. The Bertz CT molecular complexity index is 757. The van der Waals surface area contributed by atoms with Gasteiger partial charge in [0.1, 0.15) is 5.82 Å². The van der Waals surface area contributed by atoms with Crippen LogP contribution in [0.15, 0.2) is 36.7 Å². The van der Waals surface area contributed by atoms with E-state index in [2.05, 4.69) is 20.2 Å². The number of piperidine rings is 1. The lowest BCUT2D eigenvalue weighted by Gasteiger charge is -2.32. The van der Waals surface area contributed by atoms with Crippen molar-refractivity contribution in [1.29, 1.82) is 0 Å². The molecule has 1 aromatic carbocycles. The van der Waals surface area contributed by atoms with Crippen molar-refractivity contribution in [1.82, 2.24) is 20.2 Å². The van der Waals surface area contributed by atoms with Gasteiger partial charge in [0.25, 0.3) is 0 Å². The van der Waals surface area contributed by atoms with E-state index in [1.54, 1.807) is 18.5 Å². The van der Waals surface area contributed by atoms with E-state index in [0.29, 0.717) is 17.9 Å². The number of benzene rings is 1. The van der Waals surface area contributed by atoms with Crippen LogP contribution >= 0.6 is 0 Å². The molecule has 3 rings (SSSR count). The molecule has 1 fully saturated rings. The van der Waals surface area contributed by atoms with Crippen molar-refractivity contribution in [2.75, 3.05) is 13.1 Å². The Balaban J connectivity index is 1.39. The van der Waals surface area contributed by atoms with E-state index in [4.69, 9.17) is 0 Å². The Morgan fingerprint density at radius 3 is 2.81 bits per heavy atom. The smallest absolute Gasteiger partial charge is 0.220 e. The number of amides is 1. The average Bonchev–Trinajstić information content (AvgIpc) is 2.68. The zero-order chi connectivity index (χ0) is 19.1. The second kappa shape index (κ2) is 9.50. The topological polar surface area (TPSA) is 58.1 Å². The molecule has 27 heavy (non-hydrogen) atoms. The van der Waals surface area contributed by atoms with Crippen molar-refractivity contribution in [2.45, 2.75) is 38.8 Å². The highest BCUT2D eigenvalue weighted by Crippen LogP contribution is 2.22. The van der Waals surface area contributed by atoms with Gasteiger partial charge in [0.05, 0.1) is 6.54 Å². The lowest BCUT2D eigenvalue weighted by Crippen LogP contribution is -2.36. The van der Waals surface area contributed by atoms with Gasteiger partial charge < -0.3 is 5.32 Å². The Hall–Kier alpha value is -2.41. The zero-order valence-electron chi connectivity index (χ0n) is 15.2. The summed E-state index contributed by atoms with van der Waals surface area (Å²) in [6, 6.07) is 5.47. The molecule has 1 aromatic heterocycles. The number of rotatable bonds is 7. The SMILES string of the molecule is O=C(CC[C@@H]1CCCN(Cc2ncccn2)C1)NCc1ccc(F)c(F)c1. The standard InChI is InChI=1S/C20H24F2N4O/c21-17-6-4-16(11-18(17)22)12-25-20(27)7-5-15-3-1-10-26(13-15)14-19-23-8-2-9-24-19/h2,4,6,8-9,11,15H,1,3,5,7,10,12-14H2,(H,25,27)/t15-/m0/s1. The van der Waals surface area contributed by atoms with Crippen molar-refractivity contribution in [2.24, 2.45) is 5.92 Å². The molecule has 0 spiro atoms. The van der Waals surface area contributed by atoms with Gasteiger partial charge in [-0.3, -0.25) is 9.69 Å². The fourth-order valence-electron chi connectivity index (χ4n) is 3.42. The predicted octanol–water partition coefficient (Wildman–Crippen LogP) is 3.06. The molecule has 5 nitrogen and oxygen atoms in total. The molecular weight excluding hydrogens is 350 g/mol. The highest BCUT2D eigenvalue weighted by molar-refractivity contribution is 5.75. The molecule has 144 valence electrons. The average molecular weight is 374 g/mol. The summed E-state index contributed by atoms with van der Waals surface area (Å²) >= 11 is 0. The number of nitrogens with one attached hydrogen (secondary N) is 1. The minimum Gasteiger partial charge on any atom is -0.352 e. The third kappa shape index (κ3) is 6.06. The number of nitrogens with zero attached hydrogens (tertiary/aromatic N) is 3. The molecule has 0 bridgehead atoms. The van der Waals surface area contributed by atoms with Gasteiger partial charge >= 0.3 is 0 Å². The first-order valence-corrected chi connectivity index (χ1v) is 9.29. The highest BCUT2D eigenvalue weighted by Gasteiger charge is 2.21. The summed E-state index contributed by atoms with van der Waals surface area (Å²) in [6.45, 7) is 2.91. The summed E-state index contributed by atoms with van der Waals surface area (Å²) < 4.78 is 26.1. The van der Waals surface area contributed by atoms with E-state index in [9.17, 15) is 13.6 Å². The van der Waals surface area contributed by atoms with Crippen molar-refractivity contribution in [3.8, 4) is 0 Å². The van der Waals surface area contributed by atoms with E-state index >= 15 is 0 Å². The van der Waals surface area contributed by atoms with E-state index in [1.165, 1.54) is 6.07 Å². The van der Waals surface area contributed by atoms with Crippen molar-refractivity contribution in [3.63, 3.8) is 0 Å². The van der Waals surface area contributed by atoms with Gasteiger partial charge in [-0.25, -0.2) is 18.7 Å². The van der Waals surface area contributed by atoms with Crippen LogP contribution in [-0.2, 0) is 17.9 Å². The van der Waals surface area contributed by atoms with Crippen LogP contribution in [0.1, 0.15) is 37.1 Å². The van der Waals surface area contributed by atoms with Gasteiger partial charge in [-0.05, 0) is 55.5 Å². The summed E-state index contributed by atoms with van der Waals surface area (Å²) in [5.74, 6) is -0.554. The molecule has 2 heterocycles. The molecule has 2 aromatic rings. The van der Waals surface area contributed by atoms with E-state index in [0.717, 1.165) is 56.9 Å². The van der Waals surface area contributed by atoms with Crippen LogP contribution in [0, 0.1) is 17.6 Å². The van der Waals surface area contributed by atoms with Crippen molar-refractivity contribution >= 4 is 5.91 Å². The second-order valence-electron chi connectivity index (χ2n) is 6.97. The Kier molecular flexibility index (Phi) is 6.81. The molecule has 0 aliphatic carbocycles. The molecule has 1 atom stereocenters. The molecule has 0 radical (unpaired) electrons. The second-order valence-corrected chi connectivity index (χ2v) is 6.97. The Morgan fingerprint density at radius 1 is 1.22 bits per heavy atom. The maximum Gasteiger partial charge on any atom is 0.220 e. The van der Waals surface area contributed by atoms with Crippen LogP contribution in [0.25, 0.3) is 0 Å². The van der Waals surface area contributed by atoms with Gasteiger partial charge in [0, 0.05) is 31.9 Å². The Morgan fingerprint density at radius 2 is 2.04 bits per heavy atom. The quantitative estimate of drug-likeness (QED) is 0.809. The van der Waals surface area contributed by atoms with Crippen molar-refractivity contribution in [3.05, 3.63) is 59.7 Å². The van der Waals surface area contributed by atoms with Gasteiger partial charge in [-0.15, -0.1) is 0 Å². The summed E-state index contributed by atoms with van der Waals surface area (Å²) in [4.78, 5) is 22.9. The zero-order valence-corrected chi connectivity index (χ0v) is 15.2. The molecule has 0 unspecified atom stereocenters. The van der Waals surface area contributed by atoms with Crippen LogP contribution in [0.3, 0.4) is 0 Å². The lowest BCUT2D eigenvalue weighted by molar-refractivity contribution is -0.121. The Labute approximate surface area is 157 Å². The number of hydrogen-bond donors (Lipinski definition) is 1. The third-order valence-corrected chi connectivity index (χ3v) is 4.84. The largest absolute Gasteiger partial charge is 0.352 e. The predicted molar refractivity (Wildman–Crippen MR) is 97.5 cm³/mol. The minimum atomic E-state index is -0.897. The molecule has 7 heteroatoms. The molecular formula is C20H24F2N4O. The normalized spacial score (nSPS) is 17.6. The van der Waals surface area contributed by atoms with Crippen LogP contribution in [0.5, 0.6) is 0 Å². The fraction of sp³-hybridized carbons (Fsp3) is 0.450. The number of halogens is 2. The van der Waals surface area contributed by atoms with Crippen LogP contribution in [0.2, 0.25) is 0 Å². The van der Waals surface area contributed by atoms with Gasteiger partial charge in [0.15, 0.2) is 11.6 Å². The van der Waals surface area contributed by atoms with Crippen molar-refractivity contribution < 1.29 is 13.6 Å². The fourth-order valence-corrected chi connectivity index (χ4v) is 3.42. The molecule has 0 saturated carbocycles. The number of aromatic nitrogens is 2. The summed E-state index contributed by atoms with van der Waals surface area (Å²) in [5.41, 5.74) is 0.550. The molecule has 1 aliphatic heterocycles. The molecule has 1 amide bonds. The van der Waals surface area contributed by atoms with Gasteiger partial charge in [-0.2, -0.15) is 0 Å². The number of hydrogen-bond acceptors (Lipinski definition) is 4. The first-order valence-electron chi connectivity index (χ1n) is 9.29. The first-order chi connectivity index (χ1) is 13.1. The summed E-state index contributed by atoms with van der Waals surface area (Å²) in [7, 11) is 0. The van der Waals surface area contributed by atoms with E-state index in [1.807, 2.05) is 0 Å². The van der Waals surface area contributed by atoms with E-state index < -0.39 is 11.6 Å². The van der Waals surface area contributed by atoms with Crippen LogP contribution in [0.4, 0.5) is 8.78 Å². The lowest BCUT2D eigenvalue weighted by atomic mass is 9.93. The third-order valence-electron chi connectivity index (χ3n) is 4.84. The maximum absolute atomic E-state index is 13.2. The monoisotopic (exact) mass is 374 g/mol. The summed E-state index contributed by atoms with van der Waals surface area (Å²) in [6.07, 6.45) is 6.97. The number of likely N-dealkylation sites (tertiary alicyclic amines) is 1. The summed E-state index contributed by atoms with van der Waals surface area (Å²) in [5, 5.41) is 2.77. The van der Waals surface area contributed by atoms with Crippen LogP contribution < -0.4 is 5.32 Å². The van der Waals surface area contributed by atoms with Crippen LogP contribution in [-0.4, -0.2) is 33.9 Å². The van der Waals surface area contributed by atoms with Gasteiger partial charge in [-0.1, -0.05) is 6.07 Å². The number of carbonyl (C=O) groups is 1.